The van der Waals surface area contributed by atoms with Crippen molar-refractivity contribution in [2.75, 3.05) is 13.2 Å². The van der Waals surface area contributed by atoms with Crippen LogP contribution in [0.25, 0.3) is 0 Å². The van der Waals surface area contributed by atoms with Gasteiger partial charge in [0.15, 0.2) is 17.1 Å². The van der Waals surface area contributed by atoms with Crippen LogP contribution >= 0.6 is 0 Å². The number of ether oxygens (including phenoxy) is 2. The fourth-order valence-electron chi connectivity index (χ4n) is 23.8. The van der Waals surface area contributed by atoms with E-state index in [-0.39, 0.29) is 59.6 Å². The molecule has 16 nitrogen and oxygen atoms in total. The van der Waals surface area contributed by atoms with E-state index >= 15 is 0 Å². The SMILES string of the molecule is CCOC(=O)[C@@H]1CCc2c(c(C(=O)NC3C4CC5CC(C4)CC3C5)nn2Cc2ccccc2)C1.CCOC(=O)[C@H]1CCc2c(c(C(=O)NC3C4CC5CC(C4)CC3C5)nn2Cc2ccccc2)C1.C[C@@H](NC(=O)c1nn(C2CCCCC2)c2c1CCCC2)C12CC3CC(CC(C3)C1)C2. The molecule has 5 aromatic rings. The summed E-state index contributed by atoms with van der Waals surface area (Å²) in [6.07, 6.45) is 36.4. The van der Waals surface area contributed by atoms with Gasteiger partial charge in [0, 0.05) is 51.9 Å². The van der Waals surface area contributed by atoms with E-state index < -0.39 is 0 Å². The van der Waals surface area contributed by atoms with Crippen molar-refractivity contribution in [3.8, 4) is 0 Å². The average molecular weight is 1330 g/mol. The molecule has 16 aliphatic carbocycles. The molecular formula is C82H109N9O7. The van der Waals surface area contributed by atoms with Gasteiger partial charge in [0.1, 0.15) is 0 Å². The predicted octanol–water partition coefficient (Wildman–Crippen LogP) is 13.9. The predicted molar refractivity (Wildman–Crippen MR) is 375 cm³/mol. The standard InChI is InChI=1S/2C28H35N3O3.C26H39N3O/c2*1-2-34-28(33)20-8-9-24-23(15-20)26(30-31(24)16-17-6-4-3-5-7-17)27(32)29-25-21-11-18-10-19(13-21)14-22(25)12-18;1-17(26-14-18-11-19(15-26)13-20(12-18)16-26)27-25(30)24-22-9-5-6-10-23(22)29(28-24)21-7-3-2-4-8-21/h2*3-7,18-22,25H,2,8-16H2,1H3,(H,29,32);17-21H,2-16H2,1H3,(H,27,30)/t2*18?,19?,20-,21?,22?,25?;17-,18?,19?,20?,26?/m101/s1. The van der Waals surface area contributed by atoms with E-state index in [0.717, 1.165) is 119 Å². The minimum absolute atomic E-state index is 0.0509. The Labute approximate surface area is 580 Å². The second-order valence-corrected chi connectivity index (χ2v) is 33.8. The van der Waals surface area contributed by atoms with Gasteiger partial charge in [0.2, 0.25) is 0 Å². The molecule has 0 unspecified atom stereocenters. The second kappa shape index (κ2) is 28.1. The smallest absolute Gasteiger partial charge is 0.309 e. The molecule has 13 fully saturated rings. The molecule has 524 valence electrons. The molecule has 16 aliphatic rings. The molecule has 2 aromatic carbocycles. The number of hydrogen-bond donors (Lipinski definition) is 3. The van der Waals surface area contributed by atoms with E-state index in [1.807, 2.05) is 59.6 Å². The van der Waals surface area contributed by atoms with Crippen LogP contribution in [0.3, 0.4) is 0 Å². The van der Waals surface area contributed by atoms with Gasteiger partial charge in [-0.05, 0) is 282 Å². The minimum atomic E-state index is -0.199. The van der Waals surface area contributed by atoms with Crippen LogP contribution in [0.1, 0.15) is 264 Å². The maximum Gasteiger partial charge on any atom is 0.309 e. The van der Waals surface area contributed by atoms with Crippen LogP contribution in [-0.2, 0) is 70.7 Å². The molecule has 21 rings (SSSR count). The Hall–Kier alpha value is -6.58. The zero-order valence-corrected chi connectivity index (χ0v) is 58.9. The molecule has 16 heteroatoms. The molecule has 0 spiro atoms. The molecule has 0 aliphatic heterocycles. The highest BCUT2D eigenvalue weighted by atomic mass is 16.5. The molecular weight excluding hydrogens is 1220 g/mol. The van der Waals surface area contributed by atoms with Crippen molar-refractivity contribution in [3.63, 3.8) is 0 Å². The van der Waals surface area contributed by atoms with Gasteiger partial charge in [0.25, 0.3) is 17.7 Å². The van der Waals surface area contributed by atoms with Gasteiger partial charge < -0.3 is 25.4 Å². The van der Waals surface area contributed by atoms with Gasteiger partial charge in [-0.25, -0.2) is 0 Å². The van der Waals surface area contributed by atoms with E-state index in [4.69, 9.17) is 24.8 Å². The minimum Gasteiger partial charge on any atom is -0.466 e. The third-order valence-electron chi connectivity index (χ3n) is 27.5. The largest absolute Gasteiger partial charge is 0.466 e. The van der Waals surface area contributed by atoms with Crippen LogP contribution in [0.15, 0.2) is 60.7 Å². The van der Waals surface area contributed by atoms with Crippen molar-refractivity contribution in [2.24, 2.45) is 82.3 Å². The molecule has 13 saturated carbocycles. The summed E-state index contributed by atoms with van der Waals surface area (Å²) in [7, 11) is 0. The van der Waals surface area contributed by atoms with Crippen molar-refractivity contribution in [2.45, 2.75) is 257 Å². The van der Waals surface area contributed by atoms with Crippen molar-refractivity contribution in [1.82, 2.24) is 45.3 Å². The van der Waals surface area contributed by atoms with Crippen LogP contribution in [-0.4, -0.2) is 90.3 Å². The molecule has 0 radical (unpaired) electrons. The lowest BCUT2D eigenvalue weighted by Gasteiger charge is -2.59. The van der Waals surface area contributed by atoms with Gasteiger partial charge in [-0.2, -0.15) is 15.3 Å². The van der Waals surface area contributed by atoms with Crippen LogP contribution in [0, 0.1) is 82.3 Å². The van der Waals surface area contributed by atoms with E-state index in [1.165, 1.54) is 159 Å². The lowest BCUT2D eigenvalue weighted by molar-refractivity contribution is -0.149. The van der Waals surface area contributed by atoms with Crippen molar-refractivity contribution >= 4 is 29.7 Å². The molecule has 3 heterocycles. The molecule has 12 bridgehead atoms. The highest BCUT2D eigenvalue weighted by Gasteiger charge is 2.55. The Bertz CT molecular complexity index is 3460. The van der Waals surface area contributed by atoms with E-state index in [9.17, 15) is 24.0 Å². The van der Waals surface area contributed by atoms with Gasteiger partial charge in [-0.1, -0.05) is 79.9 Å². The first-order valence-corrected chi connectivity index (χ1v) is 39.4. The monoisotopic (exact) mass is 1330 g/mol. The van der Waals surface area contributed by atoms with Gasteiger partial charge in [-0.15, -0.1) is 0 Å². The van der Waals surface area contributed by atoms with Crippen LogP contribution in [0.4, 0.5) is 0 Å². The summed E-state index contributed by atoms with van der Waals surface area (Å²) in [6.45, 7) is 8.03. The molecule has 3 amide bonds. The van der Waals surface area contributed by atoms with Crippen molar-refractivity contribution in [3.05, 3.63) is 123 Å². The summed E-state index contributed by atoms with van der Waals surface area (Å²) in [5, 5.41) is 25.1. The van der Waals surface area contributed by atoms with Crippen LogP contribution < -0.4 is 16.0 Å². The molecule has 98 heavy (non-hydrogen) atoms. The van der Waals surface area contributed by atoms with Gasteiger partial charge in [-0.3, -0.25) is 38.0 Å². The first-order valence-electron chi connectivity index (χ1n) is 39.4. The Morgan fingerprint density at radius 2 is 0.888 bits per heavy atom. The number of carbonyl (C=O) groups is 5. The quantitative estimate of drug-likeness (QED) is 0.0801. The number of fused-ring (bicyclic) bond motifs is 3. The van der Waals surface area contributed by atoms with E-state index in [1.54, 1.807) is 0 Å². The maximum atomic E-state index is 13.7. The molecule has 3 N–H and O–H groups in total. The maximum absolute atomic E-state index is 13.7. The fourth-order valence-corrected chi connectivity index (χ4v) is 23.8. The number of hydrogen-bond acceptors (Lipinski definition) is 10. The topological polar surface area (TPSA) is 193 Å². The van der Waals surface area contributed by atoms with E-state index in [0.29, 0.717) is 85.7 Å². The normalized spacial score (nSPS) is 32.8. The number of benzene rings is 2. The number of amides is 3. The number of carbonyl (C=O) groups excluding carboxylic acids is 5. The zero-order chi connectivity index (χ0) is 66.8. The summed E-state index contributed by atoms with van der Waals surface area (Å²) < 4.78 is 16.9. The highest BCUT2D eigenvalue weighted by molar-refractivity contribution is 5.96. The highest BCUT2D eigenvalue weighted by Crippen LogP contribution is 2.62. The number of esters is 2. The van der Waals surface area contributed by atoms with Crippen molar-refractivity contribution in [1.29, 1.82) is 0 Å². The first kappa shape index (κ1) is 66.0. The summed E-state index contributed by atoms with van der Waals surface area (Å²) in [4.78, 5) is 65.9. The zero-order valence-electron chi connectivity index (χ0n) is 58.9. The van der Waals surface area contributed by atoms with Crippen molar-refractivity contribution < 1.29 is 33.4 Å². The third kappa shape index (κ3) is 13.3. The first-order chi connectivity index (χ1) is 47.8. The second-order valence-electron chi connectivity index (χ2n) is 33.8. The van der Waals surface area contributed by atoms with Gasteiger partial charge in [0.05, 0.1) is 44.2 Å². The number of nitrogens with one attached hydrogen (secondary N) is 3. The Morgan fingerprint density at radius 3 is 1.33 bits per heavy atom. The number of aromatic nitrogens is 6. The fraction of sp³-hybridized carbons (Fsp3) is 0.683. The summed E-state index contributed by atoms with van der Waals surface area (Å²) in [5.74, 6) is 8.05. The van der Waals surface area contributed by atoms with Crippen LogP contribution in [0.2, 0.25) is 0 Å². The lowest BCUT2D eigenvalue weighted by Crippen LogP contribution is -2.56. The van der Waals surface area contributed by atoms with Crippen LogP contribution in [0.5, 0.6) is 0 Å². The molecule has 3 atom stereocenters. The Kier molecular flexibility index (Phi) is 18.9. The lowest BCUT2D eigenvalue weighted by atomic mass is 9.48. The molecule has 0 saturated heterocycles. The van der Waals surface area contributed by atoms with Gasteiger partial charge >= 0.3 is 11.9 Å². The number of rotatable bonds is 16. The number of nitrogens with zero attached hydrogens (tertiary/aromatic N) is 6. The Morgan fingerprint density at radius 1 is 0.469 bits per heavy atom. The average Bonchev–Trinajstić information content (AvgIpc) is 1.15. The summed E-state index contributed by atoms with van der Waals surface area (Å²) >= 11 is 0. The molecule has 3 aromatic heterocycles. The third-order valence-corrected chi connectivity index (χ3v) is 27.5. The summed E-state index contributed by atoms with van der Waals surface area (Å²) in [5.41, 5.74) is 11.2. The Balaban J connectivity index is 0.000000115. The van der Waals surface area contributed by atoms with E-state index in [2.05, 4.69) is 51.8 Å². The summed E-state index contributed by atoms with van der Waals surface area (Å²) in [6, 6.07) is 21.8.